The molecule has 2 heterocycles. The zero-order valence-electron chi connectivity index (χ0n) is 28.3. The summed E-state index contributed by atoms with van der Waals surface area (Å²) in [6.07, 6.45) is 0. The van der Waals surface area contributed by atoms with Crippen LogP contribution in [-0.2, 0) is 0 Å². The Hall–Kier alpha value is -6.62. The van der Waals surface area contributed by atoms with Gasteiger partial charge in [0.2, 0.25) is 0 Å². The average Bonchev–Trinajstić information content (AvgIpc) is 3.74. The van der Waals surface area contributed by atoms with Crippen LogP contribution in [0, 0.1) is 0 Å². The maximum atomic E-state index is 3.84. The standard InChI is InChI=1S/C48H33N3S/c1-4-14-35(15-5-1)49-42-29-34(32-24-26-39-38-20-10-12-22-44(38)51(45(39)31-32)37-18-8-3-9-19-37)30-43(50-36-16-6-2-7-17-36)48(42)33-25-27-47-41(28-33)40-21-11-13-23-46(40)52-47/h1-31,49-50H. The molecule has 0 bridgehead atoms. The Kier molecular flexibility index (Phi) is 7.33. The summed E-state index contributed by atoms with van der Waals surface area (Å²) >= 11 is 1.85. The summed E-state index contributed by atoms with van der Waals surface area (Å²) in [5.41, 5.74) is 12.2. The van der Waals surface area contributed by atoms with Crippen molar-refractivity contribution in [3.63, 3.8) is 0 Å². The van der Waals surface area contributed by atoms with Gasteiger partial charge in [0.1, 0.15) is 0 Å². The van der Waals surface area contributed by atoms with Crippen molar-refractivity contribution in [2.24, 2.45) is 0 Å². The predicted molar refractivity (Wildman–Crippen MR) is 224 cm³/mol. The van der Waals surface area contributed by atoms with Gasteiger partial charge >= 0.3 is 0 Å². The van der Waals surface area contributed by atoms with Crippen molar-refractivity contribution < 1.29 is 0 Å². The van der Waals surface area contributed by atoms with Gasteiger partial charge in [-0.2, -0.15) is 0 Å². The lowest BCUT2D eigenvalue weighted by atomic mass is 9.94. The summed E-state index contributed by atoms with van der Waals surface area (Å²) in [6.45, 7) is 0. The van der Waals surface area contributed by atoms with E-state index in [4.69, 9.17) is 0 Å². The van der Waals surface area contributed by atoms with Crippen LogP contribution in [0.15, 0.2) is 188 Å². The Morgan fingerprint density at radius 1 is 0.365 bits per heavy atom. The third-order valence-electron chi connectivity index (χ3n) is 9.93. The van der Waals surface area contributed by atoms with E-state index in [1.165, 1.54) is 42.0 Å². The summed E-state index contributed by atoms with van der Waals surface area (Å²) < 4.78 is 4.98. The lowest BCUT2D eigenvalue weighted by Crippen LogP contribution is -2.00. The fraction of sp³-hybridized carbons (Fsp3) is 0. The van der Waals surface area contributed by atoms with Crippen molar-refractivity contribution in [2.45, 2.75) is 0 Å². The topological polar surface area (TPSA) is 29.0 Å². The van der Waals surface area contributed by atoms with Crippen LogP contribution in [0.2, 0.25) is 0 Å². The smallest absolute Gasteiger partial charge is 0.0547 e. The third-order valence-corrected chi connectivity index (χ3v) is 11.1. The third kappa shape index (κ3) is 5.29. The highest BCUT2D eigenvalue weighted by Gasteiger charge is 2.19. The molecule has 246 valence electrons. The van der Waals surface area contributed by atoms with Gasteiger partial charge in [-0.05, 0) is 95.6 Å². The van der Waals surface area contributed by atoms with Crippen molar-refractivity contribution in [3.8, 4) is 27.9 Å². The van der Waals surface area contributed by atoms with Crippen LogP contribution >= 0.6 is 11.3 Å². The van der Waals surface area contributed by atoms with Crippen molar-refractivity contribution in [1.29, 1.82) is 0 Å². The zero-order valence-corrected chi connectivity index (χ0v) is 29.1. The number of thiophene rings is 1. The normalized spacial score (nSPS) is 11.5. The second kappa shape index (κ2) is 12.6. The van der Waals surface area contributed by atoms with Gasteiger partial charge in [0.15, 0.2) is 0 Å². The van der Waals surface area contributed by atoms with E-state index >= 15 is 0 Å². The molecule has 0 unspecified atom stereocenters. The molecule has 8 aromatic carbocycles. The molecule has 0 saturated carbocycles. The predicted octanol–water partition coefficient (Wildman–Crippen LogP) is 14.0. The molecule has 0 aliphatic rings. The van der Waals surface area contributed by atoms with Crippen LogP contribution in [0.4, 0.5) is 22.7 Å². The van der Waals surface area contributed by atoms with E-state index in [9.17, 15) is 0 Å². The highest BCUT2D eigenvalue weighted by Crippen LogP contribution is 2.45. The highest BCUT2D eigenvalue weighted by molar-refractivity contribution is 7.25. The average molecular weight is 684 g/mol. The van der Waals surface area contributed by atoms with Crippen LogP contribution in [0.1, 0.15) is 0 Å². The number of aromatic nitrogens is 1. The minimum atomic E-state index is 1.03. The number of nitrogens with zero attached hydrogens (tertiary/aromatic N) is 1. The molecule has 10 aromatic rings. The first kappa shape index (κ1) is 30.2. The lowest BCUT2D eigenvalue weighted by molar-refractivity contribution is 1.18. The molecule has 0 fully saturated rings. The van der Waals surface area contributed by atoms with Gasteiger partial charge in [0.25, 0.3) is 0 Å². The van der Waals surface area contributed by atoms with E-state index in [0.717, 1.165) is 50.7 Å². The van der Waals surface area contributed by atoms with Crippen molar-refractivity contribution in [2.75, 3.05) is 10.6 Å². The van der Waals surface area contributed by atoms with Gasteiger partial charge in [-0.25, -0.2) is 0 Å². The molecule has 0 saturated heterocycles. The largest absolute Gasteiger partial charge is 0.355 e. The SMILES string of the molecule is c1ccc(Nc2cc(-c3ccc4c5ccccc5n(-c5ccccc5)c4c3)cc(Nc3ccccc3)c2-c2ccc3sc4ccccc4c3c2)cc1. The molecular formula is C48H33N3S. The minimum Gasteiger partial charge on any atom is -0.355 e. The molecule has 2 aromatic heterocycles. The fourth-order valence-corrected chi connectivity index (χ4v) is 8.64. The van der Waals surface area contributed by atoms with Gasteiger partial charge in [0, 0.05) is 64.9 Å². The Morgan fingerprint density at radius 2 is 0.923 bits per heavy atom. The number of hydrogen-bond donors (Lipinski definition) is 2. The molecule has 52 heavy (non-hydrogen) atoms. The van der Waals surface area contributed by atoms with E-state index in [1.54, 1.807) is 0 Å². The van der Waals surface area contributed by atoms with Crippen LogP contribution in [0.25, 0.3) is 69.9 Å². The second-order valence-electron chi connectivity index (χ2n) is 13.2. The van der Waals surface area contributed by atoms with Crippen molar-refractivity contribution in [1.82, 2.24) is 4.57 Å². The molecule has 0 amide bonds. The number of rotatable bonds is 7. The Labute approximate surface area is 306 Å². The van der Waals surface area contributed by atoms with Gasteiger partial charge in [0.05, 0.1) is 11.0 Å². The fourth-order valence-electron chi connectivity index (χ4n) is 7.56. The van der Waals surface area contributed by atoms with Gasteiger partial charge in [-0.15, -0.1) is 11.3 Å². The first-order chi connectivity index (χ1) is 25.8. The molecule has 10 rings (SSSR count). The summed E-state index contributed by atoms with van der Waals surface area (Å²) in [4.78, 5) is 0. The van der Waals surface area contributed by atoms with E-state index in [2.05, 4.69) is 203 Å². The molecule has 2 N–H and O–H groups in total. The number of nitrogens with one attached hydrogen (secondary N) is 2. The molecule has 0 aliphatic heterocycles. The molecular weight excluding hydrogens is 651 g/mol. The maximum Gasteiger partial charge on any atom is 0.0547 e. The summed E-state index contributed by atoms with van der Waals surface area (Å²) in [6, 6.07) is 67.4. The van der Waals surface area contributed by atoms with Crippen LogP contribution < -0.4 is 10.6 Å². The van der Waals surface area contributed by atoms with Crippen LogP contribution in [-0.4, -0.2) is 4.57 Å². The lowest BCUT2D eigenvalue weighted by Gasteiger charge is -2.21. The van der Waals surface area contributed by atoms with E-state index in [1.807, 2.05) is 11.3 Å². The number of anilines is 4. The van der Waals surface area contributed by atoms with Gasteiger partial charge in [-0.3, -0.25) is 0 Å². The van der Waals surface area contributed by atoms with Crippen molar-refractivity contribution >= 4 is 76.1 Å². The number of para-hydroxylation sites is 4. The maximum absolute atomic E-state index is 3.84. The van der Waals surface area contributed by atoms with Gasteiger partial charge in [-0.1, -0.05) is 109 Å². The number of hydrogen-bond acceptors (Lipinski definition) is 3. The first-order valence-electron chi connectivity index (χ1n) is 17.6. The number of fused-ring (bicyclic) bond motifs is 6. The second-order valence-corrected chi connectivity index (χ2v) is 14.2. The molecule has 0 radical (unpaired) electrons. The monoisotopic (exact) mass is 683 g/mol. The first-order valence-corrected chi connectivity index (χ1v) is 18.4. The molecule has 0 aliphatic carbocycles. The Bertz CT molecular complexity index is 2830. The summed E-state index contributed by atoms with van der Waals surface area (Å²) in [7, 11) is 0. The summed E-state index contributed by atoms with van der Waals surface area (Å²) in [5, 5.41) is 12.7. The van der Waals surface area contributed by atoms with E-state index < -0.39 is 0 Å². The summed E-state index contributed by atoms with van der Waals surface area (Å²) in [5.74, 6) is 0. The molecule has 4 heteroatoms. The van der Waals surface area contributed by atoms with Gasteiger partial charge < -0.3 is 15.2 Å². The number of benzene rings is 8. The minimum absolute atomic E-state index is 1.03. The Morgan fingerprint density at radius 3 is 1.63 bits per heavy atom. The van der Waals surface area contributed by atoms with E-state index in [0.29, 0.717) is 0 Å². The molecule has 0 atom stereocenters. The Balaban J connectivity index is 1.23. The van der Waals surface area contributed by atoms with Crippen molar-refractivity contribution in [3.05, 3.63) is 188 Å². The highest BCUT2D eigenvalue weighted by atomic mass is 32.1. The van der Waals surface area contributed by atoms with Crippen LogP contribution in [0.3, 0.4) is 0 Å². The van der Waals surface area contributed by atoms with E-state index in [-0.39, 0.29) is 0 Å². The molecule has 3 nitrogen and oxygen atoms in total. The van der Waals surface area contributed by atoms with Crippen LogP contribution in [0.5, 0.6) is 0 Å². The quantitative estimate of drug-likeness (QED) is 0.175. The zero-order chi connectivity index (χ0) is 34.4. The molecule has 0 spiro atoms.